The quantitative estimate of drug-likeness (QED) is 0.621. The number of esters is 1. The summed E-state index contributed by atoms with van der Waals surface area (Å²) in [6, 6.07) is 6.05. The Morgan fingerprint density at radius 2 is 2.00 bits per heavy atom. The van der Waals surface area contributed by atoms with Crippen LogP contribution >= 0.6 is 11.3 Å². The van der Waals surface area contributed by atoms with Gasteiger partial charge < -0.3 is 9.30 Å². The van der Waals surface area contributed by atoms with Crippen molar-refractivity contribution in [3.63, 3.8) is 0 Å². The highest BCUT2D eigenvalue weighted by atomic mass is 32.1. The third-order valence-corrected chi connectivity index (χ3v) is 5.01. The molecular weight excluding hydrogens is 298 g/mol. The van der Waals surface area contributed by atoms with E-state index >= 15 is 0 Å². The van der Waals surface area contributed by atoms with Gasteiger partial charge in [0.1, 0.15) is 0 Å². The van der Waals surface area contributed by atoms with E-state index < -0.39 is 5.97 Å². The fourth-order valence-corrected chi connectivity index (χ4v) is 3.53. The summed E-state index contributed by atoms with van der Waals surface area (Å²) in [6.45, 7) is 5.68. The van der Waals surface area contributed by atoms with Crippen molar-refractivity contribution < 1.29 is 14.3 Å². The predicted octanol–water partition coefficient (Wildman–Crippen LogP) is 3.85. The number of aromatic nitrogens is 1. The molecule has 0 N–H and O–H groups in total. The van der Waals surface area contributed by atoms with Gasteiger partial charge in [-0.25, -0.2) is 4.79 Å². The summed E-state index contributed by atoms with van der Waals surface area (Å²) in [4.78, 5) is 25.9. The van der Waals surface area contributed by atoms with Gasteiger partial charge in [-0.05, 0) is 51.8 Å². The maximum Gasteiger partial charge on any atom is 0.340 e. The Labute approximate surface area is 133 Å². The van der Waals surface area contributed by atoms with Crippen molar-refractivity contribution in [2.24, 2.45) is 0 Å². The largest absolute Gasteiger partial charge is 0.454 e. The van der Waals surface area contributed by atoms with Gasteiger partial charge in [-0.1, -0.05) is 0 Å². The molecule has 2 aromatic heterocycles. The molecule has 0 amide bonds. The van der Waals surface area contributed by atoms with Gasteiger partial charge >= 0.3 is 5.97 Å². The lowest BCUT2D eigenvalue weighted by atomic mass is 10.2. The Balaban J connectivity index is 1.67. The highest BCUT2D eigenvalue weighted by molar-refractivity contribution is 7.14. The van der Waals surface area contributed by atoms with Crippen molar-refractivity contribution >= 4 is 23.1 Å². The van der Waals surface area contributed by atoms with Gasteiger partial charge in [0, 0.05) is 22.3 Å². The molecule has 0 unspecified atom stereocenters. The summed E-state index contributed by atoms with van der Waals surface area (Å²) in [5, 5.41) is 0. The fourth-order valence-electron chi connectivity index (χ4n) is 2.74. The molecular formula is C17H19NO3S. The third-order valence-electron chi connectivity index (χ3n) is 3.97. The number of ether oxygens (including phenoxy) is 1. The van der Waals surface area contributed by atoms with Crippen LogP contribution in [0.2, 0.25) is 0 Å². The molecule has 3 rings (SSSR count). The first kappa shape index (κ1) is 15.0. The normalized spacial score (nSPS) is 14.1. The lowest BCUT2D eigenvalue weighted by molar-refractivity contribution is 0.0475. The molecule has 2 aromatic rings. The first-order valence-corrected chi connectivity index (χ1v) is 8.24. The van der Waals surface area contributed by atoms with Crippen LogP contribution in [0.25, 0.3) is 0 Å². The van der Waals surface area contributed by atoms with Crippen molar-refractivity contribution in [3.05, 3.63) is 44.9 Å². The molecule has 0 atom stereocenters. The predicted molar refractivity (Wildman–Crippen MR) is 85.8 cm³/mol. The zero-order chi connectivity index (χ0) is 15.9. The van der Waals surface area contributed by atoms with Crippen molar-refractivity contribution in [3.8, 4) is 0 Å². The topological polar surface area (TPSA) is 48.3 Å². The van der Waals surface area contributed by atoms with E-state index in [1.54, 1.807) is 6.07 Å². The van der Waals surface area contributed by atoms with Crippen LogP contribution in [0, 0.1) is 20.8 Å². The number of aryl methyl sites for hydroxylation is 2. The molecule has 1 aliphatic rings. The lowest BCUT2D eigenvalue weighted by Crippen LogP contribution is -2.14. The van der Waals surface area contributed by atoms with Gasteiger partial charge in [0.25, 0.3) is 0 Å². The molecule has 0 aromatic carbocycles. The molecule has 0 radical (unpaired) electrons. The zero-order valence-corrected chi connectivity index (χ0v) is 13.8. The number of Topliss-reactive ketones (excluding diaryl/α,β-unsaturated/α-hetero) is 1. The highest BCUT2D eigenvalue weighted by Gasteiger charge is 2.28. The molecule has 1 fully saturated rings. The van der Waals surface area contributed by atoms with Crippen LogP contribution in [-0.4, -0.2) is 22.9 Å². The van der Waals surface area contributed by atoms with E-state index in [1.165, 1.54) is 24.2 Å². The van der Waals surface area contributed by atoms with Crippen LogP contribution < -0.4 is 0 Å². The number of hydrogen-bond donors (Lipinski definition) is 0. The summed E-state index contributed by atoms with van der Waals surface area (Å²) in [5.74, 6) is -0.566. The molecule has 22 heavy (non-hydrogen) atoms. The molecule has 0 bridgehead atoms. The summed E-state index contributed by atoms with van der Waals surface area (Å²) in [7, 11) is 0. The fraction of sp³-hybridized carbons (Fsp3) is 0.412. The second-order valence-corrected chi connectivity index (χ2v) is 7.08. The van der Waals surface area contributed by atoms with Gasteiger partial charge in [-0.15, -0.1) is 11.3 Å². The van der Waals surface area contributed by atoms with E-state index in [1.807, 2.05) is 32.9 Å². The van der Waals surface area contributed by atoms with Crippen LogP contribution in [0.5, 0.6) is 0 Å². The number of ketones is 1. The minimum Gasteiger partial charge on any atom is -0.454 e. The standard InChI is InChI=1S/C17H19NO3S/c1-10-8-14(12(3)18(10)13-5-6-13)17(20)21-9-15(19)16-7-4-11(2)22-16/h4,7-8,13H,5-6,9H2,1-3H3. The van der Waals surface area contributed by atoms with Crippen molar-refractivity contribution in [2.45, 2.75) is 39.7 Å². The number of carbonyl (C=O) groups excluding carboxylic acids is 2. The number of rotatable bonds is 5. The van der Waals surface area contributed by atoms with Gasteiger partial charge in [-0.2, -0.15) is 0 Å². The van der Waals surface area contributed by atoms with E-state index in [0.717, 1.165) is 16.3 Å². The van der Waals surface area contributed by atoms with Crippen LogP contribution in [0.3, 0.4) is 0 Å². The van der Waals surface area contributed by atoms with Crippen LogP contribution in [-0.2, 0) is 4.74 Å². The van der Waals surface area contributed by atoms with E-state index in [4.69, 9.17) is 4.74 Å². The minimum absolute atomic E-state index is 0.151. The van der Waals surface area contributed by atoms with Gasteiger partial charge in [0.15, 0.2) is 6.61 Å². The molecule has 116 valence electrons. The zero-order valence-electron chi connectivity index (χ0n) is 13.0. The Morgan fingerprint density at radius 3 is 2.59 bits per heavy atom. The number of nitrogens with zero attached hydrogens (tertiary/aromatic N) is 1. The Morgan fingerprint density at radius 1 is 1.27 bits per heavy atom. The molecule has 4 nitrogen and oxygen atoms in total. The molecule has 0 aliphatic heterocycles. The summed E-state index contributed by atoms with van der Waals surface area (Å²) >= 11 is 1.42. The first-order chi connectivity index (χ1) is 10.5. The van der Waals surface area contributed by atoms with Crippen molar-refractivity contribution in [1.82, 2.24) is 4.57 Å². The van der Waals surface area contributed by atoms with E-state index in [-0.39, 0.29) is 12.4 Å². The number of thiophene rings is 1. The Bertz CT molecular complexity index is 737. The Hall–Kier alpha value is -1.88. The average Bonchev–Trinajstić information content (AvgIpc) is 3.14. The molecule has 2 heterocycles. The maximum atomic E-state index is 12.2. The molecule has 1 saturated carbocycles. The van der Waals surface area contributed by atoms with Crippen LogP contribution in [0.4, 0.5) is 0 Å². The first-order valence-electron chi connectivity index (χ1n) is 7.42. The van der Waals surface area contributed by atoms with Gasteiger partial charge in [0.2, 0.25) is 5.78 Å². The van der Waals surface area contributed by atoms with Gasteiger partial charge in [-0.3, -0.25) is 4.79 Å². The van der Waals surface area contributed by atoms with Crippen molar-refractivity contribution in [2.75, 3.05) is 6.61 Å². The second kappa shape index (κ2) is 5.72. The molecule has 5 heteroatoms. The van der Waals surface area contributed by atoms with Crippen LogP contribution in [0.15, 0.2) is 18.2 Å². The highest BCUT2D eigenvalue weighted by Crippen LogP contribution is 2.38. The smallest absolute Gasteiger partial charge is 0.340 e. The maximum absolute atomic E-state index is 12.2. The van der Waals surface area contributed by atoms with E-state index in [2.05, 4.69) is 4.57 Å². The van der Waals surface area contributed by atoms with E-state index in [0.29, 0.717) is 16.5 Å². The molecule has 0 spiro atoms. The summed E-state index contributed by atoms with van der Waals surface area (Å²) in [5.41, 5.74) is 2.58. The van der Waals surface area contributed by atoms with Gasteiger partial charge in [0.05, 0.1) is 10.4 Å². The molecule has 1 aliphatic carbocycles. The lowest BCUT2D eigenvalue weighted by Gasteiger charge is -2.07. The summed E-state index contributed by atoms with van der Waals surface area (Å²) < 4.78 is 7.40. The SMILES string of the molecule is Cc1ccc(C(=O)COC(=O)c2cc(C)n(C3CC3)c2C)s1. The summed E-state index contributed by atoms with van der Waals surface area (Å²) in [6.07, 6.45) is 2.34. The van der Waals surface area contributed by atoms with E-state index in [9.17, 15) is 9.59 Å². The van der Waals surface area contributed by atoms with Crippen LogP contribution in [0.1, 0.15) is 55.2 Å². The number of hydrogen-bond acceptors (Lipinski definition) is 4. The third kappa shape index (κ3) is 2.86. The average molecular weight is 317 g/mol. The second-order valence-electron chi connectivity index (χ2n) is 5.80. The Kier molecular flexibility index (Phi) is 3.91. The molecule has 0 saturated heterocycles. The number of carbonyl (C=O) groups is 2. The minimum atomic E-state index is -0.415. The van der Waals surface area contributed by atoms with Crippen molar-refractivity contribution in [1.29, 1.82) is 0 Å². The monoisotopic (exact) mass is 317 g/mol.